The number of nitrogens with zero attached hydrogens (tertiary/aromatic N) is 1. The average molecular weight is 234 g/mol. The van der Waals surface area contributed by atoms with Gasteiger partial charge in [-0.1, -0.05) is 13.8 Å². The van der Waals surface area contributed by atoms with Crippen LogP contribution in [0.3, 0.4) is 0 Å². The first-order valence-corrected chi connectivity index (χ1v) is 6.77. The smallest absolute Gasteiger partial charge is 0.222 e. The Labute approximate surface area is 90.7 Å². The number of sulfonamides is 1. The molecule has 6 heteroatoms. The van der Waals surface area contributed by atoms with Crippen molar-refractivity contribution in [3.63, 3.8) is 0 Å². The molecule has 0 saturated carbocycles. The first-order chi connectivity index (χ1) is 6.78. The summed E-state index contributed by atoms with van der Waals surface area (Å²) in [5.74, 6) is 0.221. The highest BCUT2D eigenvalue weighted by Crippen LogP contribution is 2.19. The zero-order valence-electron chi connectivity index (χ0n) is 9.14. The van der Waals surface area contributed by atoms with Crippen LogP contribution in [0.1, 0.15) is 20.3 Å². The number of amides is 1. The highest BCUT2D eigenvalue weighted by Gasteiger charge is 2.31. The van der Waals surface area contributed by atoms with E-state index in [0.717, 1.165) is 0 Å². The van der Waals surface area contributed by atoms with E-state index >= 15 is 0 Å². The minimum absolute atomic E-state index is 0.0392. The van der Waals surface area contributed by atoms with E-state index in [2.05, 4.69) is 0 Å². The van der Waals surface area contributed by atoms with Crippen molar-refractivity contribution in [1.82, 2.24) is 4.90 Å². The molecule has 0 bridgehead atoms. The second kappa shape index (κ2) is 4.49. The van der Waals surface area contributed by atoms with Crippen LogP contribution in [0, 0.1) is 11.8 Å². The SMILES string of the molecule is CC(C)CN1CC(CS(N)(=O)=O)CC1=O. The zero-order valence-corrected chi connectivity index (χ0v) is 9.96. The number of hydrogen-bond donors (Lipinski definition) is 1. The van der Waals surface area contributed by atoms with Crippen molar-refractivity contribution >= 4 is 15.9 Å². The van der Waals surface area contributed by atoms with Gasteiger partial charge in [-0.25, -0.2) is 13.6 Å². The van der Waals surface area contributed by atoms with Crippen molar-refractivity contribution in [2.24, 2.45) is 17.0 Å². The van der Waals surface area contributed by atoms with E-state index < -0.39 is 10.0 Å². The molecular formula is C9H18N2O3S. The van der Waals surface area contributed by atoms with E-state index in [-0.39, 0.29) is 17.6 Å². The van der Waals surface area contributed by atoms with Crippen LogP contribution >= 0.6 is 0 Å². The molecule has 1 aliphatic heterocycles. The van der Waals surface area contributed by atoms with Crippen LogP contribution in [0.25, 0.3) is 0 Å². The Morgan fingerprint density at radius 1 is 1.53 bits per heavy atom. The van der Waals surface area contributed by atoms with Crippen molar-refractivity contribution in [3.05, 3.63) is 0 Å². The fourth-order valence-corrected chi connectivity index (χ4v) is 2.79. The van der Waals surface area contributed by atoms with Crippen LogP contribution in [-0.4, -0.2) is 38.1 Å². The van der Waals surface area contributed by atoms with Gasteiger partial charge in [-0.05, 0) is 5.92 Å². The second-order valence-electron chi connectivity index (χ2n) is 4.59. The number of carbonyl (C=O) groups is 1. The van der Waals surface area contributed by atoms with Crippen LogP contribution < -0.4 is 5.14 Å². The summed E-state index contributed by atoms with van der Waals surface area (Å²) in [6.07, 6.45) is 0.309. The Morgan fingerprint density at radius 3 is 2.60 bits per heavy atom. The Hall–Kier alpha value is -0.620. The van der Waals surface area contributed by atoms with Gasteiger partial charge in [-0.15, -0.1) is 0 Å². The molecule has 1 heterocycles. The minimum atomic E-state index is -3.46. The molecule has 1 fully saturated rings. The van der Waals surface area contributed by atoms with Gasteiger partial charge in [0, 0.05) is 25.4 Å². The summed E-state index contributed by atoms with van der Waals surface area (Å²) in [5, 5.41) is 4.95. The highest BCUT2D eigenvalue weighted by atomic mass is 32.2. The quantitative estimate of drug-likeness (QED) is 0.730. The highest BCUT2D eigenvalue weighted by molar-refractivity contribution is 7.89. The third kappa shape index (κ3) is 4.17. The van der Waals surface area contributed by atoms with E-state index in [9.17, 15) is 13.2 Å². The summed E-state index contributed by atoms with van der Waals surface area (Å²) in [6, 6.07) is 0. The molecular weight excluding hydrogens is 216 g/mol. The molecule has 0 aromatic rings. The molecule has 1 unspecified atom stereocenters. The molecule has 5 nitrogen and oxygen atoms in total. The topological polar surface area (TPSA) is 80.5 Å². The molecule has 15 heavy (non-hydrogen) atoms. The van der Waals surface area contributed by atoms with Crippen LogP contribution in [0.5, 0.6) is 0 Å². The number of likely N-dealkylation sites (tertiary alicyclic amines) is 1. The molecule has 1 saturated heterocycles. The van der Waals surface area contributed by atoms with E-state index in [1.807, 2.05) is 13.8 Å². The predicted octanol–water partition coefficient (Wildman–Crippen LogP) is -0.221. The molecule has 0 spiro atoms. The minimum Gasteiger partial charge on any atom is -0.342 e. The number of nitrogens with two attached hydrogens (primary N) is 1. The van der Waals surface area contributed by atoms with Crippen LogP contribution in [-0.2, 0) is 14.8 Å². The van der Waals surface area contributed by atoms with Crippen molar-refractivity contribution in [3.8, 4) is 0 Å². The first kappa shape index (κ1) is 12.4. The summed E-state index contributed by atoms with van der Waals surface area (Å²) in [4.78, 5) is 13.2. The van der Waals surface area contributed by atoms with E-state index in [1.165, 1.54) is 0 Å². The maximum atomic E-state index is 11.5. The zero-order chi connectivity index (χ0) is 11.6. The molecule has 0 aromatic heterocycles. The van der Waals surface area contributed by atoms with Gasteiger partial charge in [-0.3, -0.25) is 4.79 Å². The summed E-state index contributed by atoms with van der Waals surface area (Å²) in [5.41, 5.74) is 0. The molecule has 1 aliphatic rings. The fraction of sp³-hybridized carbons (Fsp3) is 0.889. The lowest BCUT2D eigenvalue weighted by Crippen LogP contribution is -2.30. The van der Waals surface area contributed by atoms with Gasteiger partial charge in [-0.2, -0.15) is 0 Å². The van der Waals surface area contributed by atoms with Gasteiger partial charge >= 0.3 is 0 Å². The second-order valence-corrected chi connectivity index (χ2v) is 6.25. The number of rotatable bonds is 4. The number of carbonyl (C=O) groups excluding carboxylic acids is 1. The maximum absolute atomic E-state index is 11.5. The Balaban J connectivity index is 2.52. The molecule has 0 aliphatic carbocycles. The fourth-order valence-electron chi connectivity index (χ4n) is 1.91. The number of primary sulfonamides is 1. The lowest BCUT2D eigenvalue weighted by atomic mass is 10.1. The van der Waals surface area contributed by atoms with Gasteiger partial charge < -0.3 is 4.90 Å². The van der Waals surface area contributed by atoms with E-state index in [0.29, 0.717) is 25.4 Å². The Morgan fingerprint density at radius 2 is 2.13 bits per heavy atom. The molecule has 1 amide bonds. The largest absolute Gasteiger partial charge is 0.342 e. The third-order valence-corrected chi connectivity index (χ3v) is 3.28. The Kier molecular flexibility index (Phi) is 3.72. The lowest BCUT2D eigenvalue weighted by molar-refractivity contribution is -0.128. The molecule has 2 N–H and O–H groups in total. The molecule has 0 radical (unpaired) electrons. The maximum Gasteiger partial charge on any atom is 0.222 e. The molecule has 88 valence electrons. The van der Waals surface area contributed by atoms with Crippen LogP contribution in [0.2, 0.25) is 0 Å². The first-order valence-electron chi connectivity index (χ1n) is 5.06. The third-order valence-electron chi connectivity index (χ3n) is 2.35. The van der Waals surface area contributed by atoms with Gasteiger partial charge in [0.2, 0.25) is 15.9 Å². The molecule has 0 aromatic carbocycles. The predicted molar refractivity (Wildman–Crippen MR) is 57.5 cm³/mol. The molecule has 1 rings (SSSR count). The van der Waals surface area contributed by atoms with Crippen molar-refractivity contribution < 1.29 is 13.2 Å². The monoisotopic (exact) mass is 234 g/mol. The van der Waals surface area contributed by atoms with Crippen molar-refractivity contribution in [2.45, 2.75) is 20.3 Å². The average Bonchev–Trinajstić information content (AvgIpc) is 2.26. The van der Waals surface area contributed by atoms with Crippen molar-refractivity contribution in [1.29, 1.82) is 0 Å². The van der Waals surface area contributed by atoms with Gasteiger partial charge in [0.15, 0.2) is 0 Å². The van der Waals surface area contributed by atoms with Crippen LogP contribution in [0.4, 0.5) is 0 Å². The van der Waals surface area contributed by atoms with Crippen molar-refractivity contribution in [2.75, 3.05) is 18.8 Å². The molecule has 1 atom stereocenters. The lowest BCUT2D eigenvalue weighted by Gasteiger charge is -2.18. The van der Waals surface area contributed by atoms with E-state index in [1.54, 1.807) is 4.90 Å². The Bertz CT molecular complexity index is 337. The standard InChI is InChI=1S/C9H18N2O3S/c1-7(2)4-11-5-8(3-9(11)12)6-15(10,13)14/h7-8H,3-6H2,1-2H3,(H2,10,13,14). The van der Waals surface area contributed by atoms with E-state index in [4.69, 9.17) is 5.14 Å². The number of hydrogen-bond acceptors (Lipinski definition) is 3. The van der Waals surface area contributed by atoms with Gasteiger partial charge in [0.25, 0.3) is 0 Å². The summed E-state index contributed by atoms with van der Waals surface area (Å²) < 4.78 is 21.7. The van der Waals surface area contributed by atoms with Gasteiger partial charge in [0.1, 0.15) is 0 Å². The van der Waals surface area contributed by atoms with Gasteiger partial charge in [0.05, 0.1) is 5.75 Å². The normalized spacial score (nSPS) is 22.8. The summed E-state index contributed by atoms with van der Waals surface area (Å²) in [6.45, 7) is 5.27. The van der Waals surface area contributed by atoms with Crippen LogP contribution in [0.15, 0.2) is 0 Å². The summed E-state index contributed by atoms with van der Waals surface area (Å²) in [7, 11) is -3.46. The summed E-state index contributed by atoms with van der Waals surface area (Å²) >= 11 is 0.